The predicted octanol–water partition coefficient (Wildman–Crippen LogP) is 1.88. The minimum absolute atomic E-state index is 0.0933. The van der Waals surface area contributed by atoms with Gasteiger partial charge in [-0.05, 0) is 18.2 Å². The standard InChI is InChI=1S/C17H16N2O6S/c1-2-16(20)18-17-7-11-9-19(10-15(11)25-17)26(21,22)12-3-4-13-14(8-12)24-6-5-23-13/h2-4,7-8H,1,5-6,9-10H2,(H,18,20). The fourth-order valence-corrected chi connectivity index (χ4v) is 4.27. The molecule has 1 N–H and O–H groups in total. The molecule has 0 fully saturated rings. The Kier molecular flexibility index (Phi) is 3.97. The van der Waals surface area contributed by atoms with Gasteiger partial charge in [-0.2, -0.15) is 4.31 Å². The molecule has 2 aliphatic rings. The van der Waals surface area contributed by atoms with Gasteiger partial charge in [0.15, 0.2) is 17.4 Å². The number of carbonyl (C=O) groups excluding carboxylic acids is 1. The van der Waals surface area contributed by atoms with E-state index in [1.54, 1.807) is 12.1 Å². The van der Waals surface area contributed by atoms with E-state index >= 15 is 0 Å². The van der Waals surface area contributed by atoms with Crippen LogP contribution in [0.15, 0.2) is 46.2 Å². The molecule has 2 aromatic rings. The maximum absolute atomic E-state index is 12.9. The Bertz CT molecular complexity index is 971. The lowest BCUT2D eigenvalue weighted by molar-refractivity contribution is -0.112. The van der Waals surface area contributed by atoms with Crippen LogP contribution < -0.4 is 14.8 Å². The van der Waals surface area contributed by atoms with Crippen LogP contribution in [0.4, 0.5) is 5.88 Å². The van der Waals surface area contributed by atoms with Gasteiger partial charge >= 0.3 is 0 Å². The number of sulfonamides is 1. The first-order valence-corrected chi connectivity index (χ1v) is 9.36. The van der Waals surface area contributed by atoms with Crippen molar-refractivity contribution >= 4 is 21.8 Å². The maximum Gasteiger partial charge on any atom is 0.250 e. The van der Waals surface area contributed by atoms with Crippen molar-refractivity contribution in [2.24, 2.45) is 0 Å². The molecule has 2 aliphatic heterocycles. The number of carbonyl (C=O) groups is 1. The highest BCUT2D eigenvalue weighted by molar-refractivity contribution is 7.89. The average molecular weight is 376 g/mol. The van der Waals surface area contributed by atoms with Crippen molar-refractivity contribution in [3.63, 3.8) is 0 Å². The molecule has 1 aromatic heterocycles. The van der Waals surface area contributed by atoms with Crippen molar-refractivity contribution in [3.8, 4) is 11.5 Å². The minimum Gasteiger partial charge on any atom is -0.486 e. The van der Waals surface area contributed by atoms with Crippen molar-refractivity contribution in [1.29, 1.82) is 0 Å². The molecule has 3 heterocycles. The summed E-state index contributed by atoms with van der Waals surface area (Å²) in [6.45, 7) is 4.45. The van der Waals surface area contributed by atoms with E-state index in [4.69, 9.17) is 13.9 Å². The van der Waals surface area contributed by atoms with Crippen LogP contribution in [0.3, 0.4) is 0 Å². The van der Waals surface area contributed by atoms with Crippen LogP contribution in [-0.2, 0) is 27.9 Å². The Morgan fingerprint density at radius 3 is 2.65 bits per heavy atom. The third-order valence-corrected chi connectivity index (χ3v) is 5.93. The second kappa shape index (κ2) is 6.19. The van der Waals surface area contributed by atoms with Gasteiger partial charge in [0.1, 0.15) is 19.0 Å². The summed E-state index contributed by atoms with van der Waals surface area (Å²) in [5.41, 5.74) is 0.713. The Hall–Kier alpha value is -2.78. The number of hydrogen-bond donors (Lipinski definition) is 1. The number of amides is 1. The van der Waals surface area contributed by atoms with E-state index in [0.29, 0.717) is 36.0 Å². The Balaban J connectivity index is 1.55. The predicted molar refractivity (Wildman–Crippen MR) is 91.4 cm³/mol. The van der Waals surface area contributed by atoms with Gasteiger partial charge in [-0.1, -0.05) is 6.58 Å². The SMILES string of the molecule is C=CC(=O)Nc1cc2c(o1)CN(S(=O)(=O)c1ccc3c(c1)OCCO3)C2. The summed E-state index contributed by atoms with van der Waals surface area (Å²) in [6.07, 6.45) is 1.13. The van der Waals surface area contributed by atoms with Crippen LogP contribution in [0.25, 0.3) is 0 Å². The largest absolute Gasteiger partial charge is 0.486 e. The van der Waals surface area contributed by atoms with Crippen LogP contribution in [0.2, 0.25) is 0 Å². The van der Waals surface area contributed by atoms with Gasteiger partial charge in [-0.15, -0.1) is 0 Å². The number of benzene rings is 1. The van der Waals surface area contributed by atoms with E-state index in [0.717, 1.165) is 6.08 Å². The number of nitrogens with one attached hydrogen (secondary N) is 1. The fraction of sp³-hybridized carbons (Fsp3) is 0.235. The highest BCUT2D eigenvalue weighted by Crippen LogP contribution is 2.36. The summed E-state index contributed by atoms with van der Waals surface area (Å²) in [4.78, 5) is 11.4. The summed E-state index contributed by atoms with van der Waals surface area (Å²) < 4.78 is 43.5. The van der Waals surface area contributed by atoms with Gasteiger partial charge in [0.2, 0.25) is 15.9 Å². The quantitative estimate of drug-likeness (QED) is 0.818. The zero-order valence-electron chi connectivity index (χ0n) is 13.7. The first-order chi connectivity index (χ1) is 12.5. The summed E-state index contributed by atoms with van der Waals surface area (Å²) in [6, 6.07) is 6.19. The van der Waals surface area contributed by atoms with Crippen molar-refractivity contribution in [1.82, 2.24) is 4.31 Å². The number of ether oxygens (including phenoxy) is 2. The normalized spacial score (nSPS) is 16.2. The molecule has 26 heavy (non-hydrogen) atoms. The molecular formula is C17H16N2O6S. The Morgan fingerprint density at radius 1 is 1.15 bits per heavy atom. The van der Waals surface area contributed by atoms with Crippen LogP contribution in [-0.4, -0.2) is 31.8 Å². The first kappa shape index (κ1) is 16.7. The Morgan fingerprint density at radius 2 is 1.92 bits per heavy atom. The number of nitrogens with zero attached hydrogens (tertiary/aromatic N) is 1. The van der Waals surface area contributed by atoms with Crippen molar-refractivity contribution in [2.75, 3.05) is 18.5 Å². The van der Waals surface area contributed by atoms with Gasteiger partial charge in [-0.25, -0.2) is 8.42 Å². The second-order valence-corrected chi connectivity index (χ2v) is 7.77. The third kappa shape index (κ3) is 2.85. The summed E-state index contributed by atoms with van der Waals surface area (Å²) in [5, 5.41) is 2.52. The van der Waals surface area contributed by atoms with Crippen LogP contribution in [0, 0.1) is 0 Å². The molecule has 1 amide bonds. The smallest absolute Gasteiger partial charge is 0.250 e. The highest BCUT2D eigenvalue weighted by Gasteiger charge is 2.34. The molecule has 0 radical (unpaired) electrons. The van der Waals surface area contributed by atoms with Gasteiger partial charge in [0, 0.05) is 24.2 Å². The lowest BCUT2D eigenvalue weighted by Gasteiger charge is -2.20. The van der Waals surface area contributed by atoms with Crippen LogP contribution in [0.5, 0.6) is 11.5 Å². The molecule has 136 valence electrons. The molecule has 0 aliphatic carbocycles. The molecule has 0 spiro atoms. The number of furan rings is 1. The average Bonchev–Trinajstić information content (AvgIpc) is 3.20. The lowest BCUT2D eigenvalue weighted by Crippen LogP contribution is -2.26. The molecule has 4 rings (SSSR count). The van der Waals surface area contributed by atoms with Crippen molar-refractivity contribution < 1.29 is 27.1 Å². The molecule has 0 atom stereocenters. The molecule has 9 heteroatoms. The minimum atomic E-state index is -3.72. The summed E-state index contributed by atoms with van der Waals surface area (Å²) in [7, 11) is -3.72. The number of hydrogen-bond acceptors (Lipinski definition) is 6. The maximum atomic E-state index is 12.9. The molecule has 0 bridgehead atoms. The molecule has 0 unspecified atom stereocenters. The molecular weight excluding hydrogens is 360 g/mol. The summed E-state index contributed by atoms with van der Waals surface area (Å²) in [5.74, 6) is 1.34. The first-order valence-electron chi connectivity index (χ1n) is 7.92. The number of fused-ring (bicyclic) bond motifs is 2. The zero-order chi connectivity index (χ0) is 18.3. The number of anilines is 1. The topological polar surface area (TPSA) is 98.1 Å². The second-order valence-electron chi connectivity index (χ2n) is 5.83. The van der Waals surface area contributed by atoms with E-state index in [2.05, 4.69) is 11.9 Å². The highest BCUT2D eigenvalue weighted by atomic mass is 32.2. The van der Waals surface area contributed by atoms with Crippen LogP contribution in [0.1, 0.15) is 11.3 Å². The summed E-state index contributed by atoms with van der Waals surface area (Å²) >= 11 is 0. The molecule has 1 aromatic carbocycles. The van der Waals surface area contributed by atoms with Gasteiger partial charge in [0.05, 0.1) is 11.4 Å². The monoisotopic (exact) mass is 376 g/mol. The van der Waals surface area contributed by atoms with E-state index in [1.165, 1.54) is 16.4 Å². The molecule has 0 saturated carbocycles. The lowest BCUT2D eigenvalue weighted by atomic mass is 10.3. The van der Waals surface area contributed by atoms with E-state index < -0.39 is 15.9 Å². The van der Waals surface area contributed by atoms with Crippen molar-refractivity contribution in [3.05, 3.63) is 48.2 Å². The number of rotatable bonds is 4. The molecule has 0 saturated heterocycles. The fourth-order valence-electron chi connectivity index (χ4n) is 2.88. The van der Waals surface area contributed by atoms with Gasteiger partial charge in [0.25, 0.3) is 0 Å². The van der Waals surface area contributed by atoms with Gasteiger partial charge < -0.3 is 13.9 Å². The zero-order valence-corrected chi connectivity index (χ0v) is 14.5. The van der Waals surface area contributed by atoms with E-state index in [9.17, 15) is 13.2 Å². The Labute approximate surface area is 150 Å². The van der Waals surface area contributed by atoms with Crippen LogP contribution >= 0.6 is 0 Å². The van der Waals surface area contributed by atoms with E-state index in [1.807, 2.05) is 0 Å². The van der Waals surface area contributed by atoms with Gasteiger partial charge in [-0.3, -0.25) is 10.1 Å². The van der Waals surface area contributed by atoms with Crippen molar-refractivity contribution in [2.45, 2.75) is 18.0 Å². The van der Waals surface area contributed by atoms with E-state index in [-0.39, 0.29) is 23.9 Å². The third-order valence-electron chi connectivity index (χ3n) is 4.15. The molecule has 8 nitrogen and oxygen atoms in total.